The van der Waals surface area contributed by atoms with Gasteiger partial charge in [-0.2, -0.15) is 0 Å². The van der Waals surface area contributed by atoms with Gasteiger partial charge in [0.05, 0.1) is 0 Å². The molecule has 0 heterocycles. The molecule has 0 aliphatic carbocycles. The molecule has 0 radical (unpaired) electrons. The summed E-state index contributed by atoms with van der Waals surface area (Å²) in [5.41, 5.74) is 2.75. The third-order valence-corrected chi connectivity index (χ3v) is 7.63. The lowest BCUT2D eigenvalue weighted by molar-refractivity contribution is -0.142. The molecule has 8 nitrogen and oxygen atoms in total. The van der Waals surface area contributed by atoms with Gasteiger partial charge in [0, 0.05) is 19.0 Å². The second-order valence-corrected chi connectivity index (χ2v) is 13.4. The van der Waals surface area contributed by atoms with Gasteiger partial charge in [-0.25, -0.2) is 4.79 Å². The number of ether oxygens (including phenoxy) is 1. The van der Waals surface area contributed by atoms with Gasteiger partial charge in [0.15, 0.2) is 0 Å². The largest absolute Gasteiger partial charge is 0.508 e. The maximum absolute atomic E-state index is 14.7. The Labute approximate surface area is 271 Å². The summed E-state index contributed by atoms with van der Waals surface area (Å²) in [6.07, 6.45) is 7.35. The summed E-state index contributed by atoms with van der Waals surface area (Å²) in [6, 6.07) is 10.6. The van der Waals surface area contributed by atoms with Crippen LogP contribution in [-0.2, 0) is 20.7 Å². The Morgan fingerprint density at radius 1 is 0.867 bits per heavy atom. The molecular formula is C37H57N3O5. The number of unbranched alkanes of at least 4 members (excludes halogenated alkanes) is 5. The Bertz CT molecular complexity index is 1200. The van der Waals surface area contributed by atoms with Crippen molar-refractivity contribution in [2.75, 3.05) is 6.54 Å². The number of carbonyl (C=O) groups excluding carboxylic acids is 3. The third kappa shape index (κ3) is 13.5. The van der Waals surface area contributed by atoms with E-state index in [0.29, 0.717) is 6.54 Å². The Morgan fingerprint density at radius 2 is 1.47 bits per heavy atom. The second-order valence-electron chi connectivity index (χ2n) is 13.4. The van der Waals surface area contributed by atoms with Crippen molar-refractivity contribution in [2.24, 2.45) is 0 Å². The van der Waals surface area contributed by atoms with Gasteiger partial charge in [0.1, 0.15) is 23.4 Å². The van der Waals surface area contributed by atoms with E-state index in [2.05, 4.69) is 30.5 Å². The van der Waals surface area contributed by atoms with Crippen molar-refractivity contribution in [3.63, 3.8) is 0 Å². The number of benzene rings is 2. The summed E-state index contributed by atoms with van der Waals surface area (Å²) in [5, 5.41) is 15.8. The molecule has 2 rings (SSSR count). The Balaban J connectivity index is 2.59. The number of amides is 3. The first-order valence-electron chi connectivity index (χ1n) is 16.7. The molecule has 0 saturated carbocycles. The molecule has 45 heavy (non-hydrogen) atoms. The van der Waals surface area contributed by atoms with Crippen molar-refractivity contribution in [2.45, 2.75) is 137 Å². The van der Waals surface area contributed by atoms with Crippen LogP contribution in [0.3, 0.4) is 0 Å². The number of nitrogens with one attached hydrogen (secondary N) is 2. The molecule has 3 N–H and O–H groups in total. The van der Waals surface area contributed by atoms with Crippen LogP contribution in [0.5, 0.6) is 5.75 Å². The lowest BCUT2D eigenvalue weighted by Gasteiger charge is -2.35. The van der Waals surface area contributed by atoms with E-state index >= 15 is 0 Å². The van der Waals surface area contributed by atoms with E-state index in [1.807, 2.05) is 32.9 Å². The molecule has 3 atom stereocenters. The average molecular weight is 624 g/mol. The summed E-state index contributed by atoms with van der Waals surface area (Å²) >= 11 is 0. The average Bonchev–Trinajstić information content (AvgIpc) is 2.93. The van der Waals surface area contributed by atoms with Gasteiger partial charge in [-0.05, 0) is 77.6 Å². The number of nitrogens with zero attached hydrogens (tertiary/aromatic N) is 1. The van der Waals surface area contributed by atoms with Crippen molar-refractivity contribution < 1.29 is 24.2 Å². The monoisotopic (exact) mass is 623 g/mol. The highest BCUT2D eigenvalue weighted by molar-refractivity contribution is 5.92. The second kappa shape index (κ2) is 18.4. The zero-order valence-electron chi connectivity index (χ0n) is 28.9. The van der Waals surface area contributed by atoms with Crippen LogP contribution >= 0.6 is 0 Å². The van der Waals surface area contributed by atoms with Crippen LogP contribution in [-0.4, -0.2) is 52.1 Å². The zero-order valence-corrected chi connectivity index (χ0v) is 28.9. The van der Waals surface area contributed by atoms with Crippen molar-refractivity contribution in [3.8, 4) is 5.75 Å². The Hall–Kier alpha value is -3.55. The van der Waals surface area contributed by atoms with E-state index in [1.54, 1.807) is 49.9 Å². The van der Waals surface area contributed by atoms with Crippen LogP contribution in [0.15, 0.2) is 42.5 Å². The summed E-state index contributed by atoms with van der Waals surface area (Å²) in [4.78, 5) is 43.6. The number of hydrogen-bond acceptors (Lipinski definition) is 5. The van der Waals surface area contributed by atoms with E-state index < -0.39 is 23.8 Å². The highest BCUT2D eigenvalue weighted by Gasteiger charge is 2.36. The predicted octanol–water partition coefficient (Wildman–Crippen LogP) is 7.68. The number of phenols is 1. The van der Waals surface area contributed by atoms with Crippen LogP contribution in [0.4, 0.5) is 4.79 Å². The van der Waals surface area contributed by atoms with Gasteiger partial charge in [-0.1, -0.05) is 93.8 Å². The molecule has 0 aliphatic heterocycles. The molecule has 8 heteroatoms. The van der Waals surface area contributed by atoms with E-state index in [0.717, 1.165) is 67.2 Å². The highest BCUT2D eigenvalue weighted by Crippen LogP contribution is 2.27. The van der Waals surface area contributed by atoms with Crippen LogP contribution in [0, 0.1) is 13.8 Å². The molecule has 2 aromatic carbocycles. The van der Waals surface area contributed by atoms with Crippen LogP contribution in [0.1, 0.15) is 121 Å². The number of rotatable bonds is 17. The fraction of sp³-hybridized carbons (Fsp3) is 0.595. The maximum Gasteiger partial charge on any atom is 0.408 e. The van der Waals surface area contributed by atoms with E-state index in [1.165, 1.54) is 6.42 Å². The number of phenolic OH excluding ortho intramolecular Hbond substituents is 1. The summed E-state index contributed by atoms with van der Waals surface area (Å²) in [5.74, 6) is -0.481. The smallest absolute Gasteiger partial charge is 0.408 e. The first kappa shape index (κ1) is 37.6. The predicted molar refractivity (Wildman–Crippen MR) is 181 cm³/mol. The van der Waals surface area contributed by atoms with Crippen molar-refractivity contribution >= 4 is 17.9 Å². The minimum Gasteiger partial charge on any atom is -0.508 e. The van der Waals surface area contributed by atoms with Crippen molar-refractivity contribution in [1.82, 2.24) is 15.5 Å². The Kier molecular flexibility index (Phi) is 15.4. The first-order chi connectivity index (χ1) is 21.2. The molecule has 0 aliphatic rings. The number of carbonyl (C=O) groups is 3. The lowest BCUT2D eigenvalue weighted by Crippen LogP contribution is -2.54. The normalized spacial score (nSPS) is 13.4. The molecule has 2 aromatic rings. The molecule has 0 bridgehead atoms. The van der Waals surface area contributed by atoms with Crippen LogP contribution in [0.25, 0.3) is 0 Å². The highest BCUT2D eigenvalue weighted by atomic mass is 16.6. The summed E-state index contributed by atoms with van der Waals surface area (Å²) in [6.45, 7) is 15.9. The topological polar surface area (TPSA) is 108 Å². The van der Waals surface area contributed by atoms with Gasteiger partial charge in [0.2, 0.25) is 11.8 Å². The number of alkyl carbamates (subject to hydrolysis) is 1. The van der Waals surface area contributed by atoms with Gasteiger partial charge < -0.3 is 25.4 Å². The number of aryl methyl sites for hydroxylation is 2. The molecule has 0 fully saturated rings. The molecule has 0 saturated heterocycles. The van der Waals surface area contributed by atoms with Crippen molar-refractivity contribution in [3.05, 3.63) is 64.7 Å². The summed E-state index contributed by atoms with van der Waals surface area (Å²) in [7, 11) is 0. The molecule has 0 spiro atoms. The fourth-order valence-electron chi connectivity index (χ4n) is 5.61. The lowest BCUT2D eigenvalue weighted by atomic mass is 9.96. The maximum atomic E-state index is 14.7. The van der Waals surface area contributed by atoms with Gasteiger partial charge in [-0.3, -0.25) is 9.59 Å². The standard InChI is InChI=1S/C37H57N3O5/c1-9-11-12-13-14-15-21-40(33(34(42)38-28(5)16-10-2)30-23-26(3)22-27(4)24-30)35(43)32(39-36(44)45-37(6,7)8)25-29-17-19-31(41)20-18-29/h17-20,22-24,28,32-33,41H,9-16,21,25H2,1-8H3,(H,38,42)(H,39,44). The first-order valence-corrected chi connectivity index (χ1v) is 16.7. The quantitative estimate of drug-likeness (QED) is 0.157. The fourth-order valence-corrected chi connectivity index (χ4v) is 5.61. The van der Waals surface area contributed by atoms with Crippen LogP contribution in [0.2, 0.25) is 0 Å². The van der Waals surface area contributed by atoms with Gasteiger partial charge >= 0.3 is 6.09 Å². The molecular weight excluding hydrogens is 566 g/mol. The molecule has 250 valence electrons. The summed E-state index contributed by atoms with van der Waals surface area (Å²) < 4.78 is 5.55. The zero-order chi connectivity index (χ0) is 33.6. The van der Waals surface area contributed by atoms with E-state index in [-0.39, 0.29) is 30.0 Å². The van der Waals surface area contributed by atoms with Crippen molar-refractivity contribution in [1.29, 1.82) is 0 Å². The molecule has 3 unspecified atom stereocenters. The Morgan fingerprint density at radius 3 is 2.04 bits per heavy atom. The third-order valence-electron chi connectivity index (χ3n) is 7.63. The van der Waals surface area contributed by atoms with E-state index in [9.17, 15) is 19.5 Å². The minimum absolute atomic E-state index is 0.0606. The molecule has 3 amide bonds. The van der Waals surface area contributed by atoms with Crippen LogP contribution < -0.4 is 10.6 Å². The van der Waals surface area contributed by atoms with Gasteiger partial charge in [0.25, 0.3) is 0 Å². The van der Waals surface area contributed by atoms with E-state index in [4.69, 9.17) is 4.74 Å². The van der Waals surface area contributed by atoms with Gasteiger partial charge in [-0.15, -0.1) is 0 Å². The SMILES string of the molecule is CCCCCCCCN(C(=O)C(Cc1ccc(O)cc1)NC(=O)OC(C)(C)C)C(C(=O)NC(C)CCC)c1cc(C)cc(C)c1. The number of hydrogen-bond donors (Lipinski definition) is 3. The number of aromatic hydroxyl groups is 1. The minimum atomic E-state index is -1.00. The molecule has 0 aromatic heterocycles.